The number of nitrogens with zero attached hydrogens (tertiary/aromatic N) is 3. The number of halogens is 2. The Bertz CT molecular complexity index is 1180. The molecule has 0 aliphatic carbocycles. The highest BCUT2D eigenvalue weighted by molar-refractivity contribution is 6.42. The summed E-state index contributed by atoms with van der Waals surface area (Å²) in [6, 6.07) is 15.1. The van der Waals surface area contributed by atoms with E-state index in [1.807, 2.05) is 9.58 Å². The lowest BCUT2D eigenvalue weighted by Gasteiger charge is -2.33. The molecule has 2 heterocycles. The number of piperidine rings is 1. The van der Waals surface area contributed by atoms with Gasteiger partial charge in [-0.1, -0.05) is 54.4 Å². The van der Waals surface area contributed by atoms with Crippen LogP contribution in [0.25, 0.3) is 11.3 Å². The Labute approximate surface area is 209 Å². The van der Waals surface area contributed by atoms with Gasteiger partial charge in [0.05, 0.1) is 28.4 Å². The molecule has 0 N–H and O–H groups in total. The molecular weight excluding hydrogens is 473 g/mol. The molecule has 0 atom stereocenters. The van der Waals surface area contributed by atoms with E-state index in [-0.39, 0.29) is 11.9 Å². The van der Waals surface area contributed by atoms with Gasteiger partial charge in [-0.15, -0.1) is 0 Å². The molecule has 34 heavy (non-hydrogen) atoms. The van der Waals surface area contributed by atoms with Crippen molar-refractivity contribution >= 4 is 35.1 Å². The monoisotopic (exact) mass is 499 g/mol. The molecule has 1 amide bonds. The van der Waals surface area contributed by atoms with Gasteiger partial charge in [0, 0.05) is 18.7 Å². The second-order valence-electron chi connectivity index (χ2n) is 8.28. The third-order valence-electron chi connectivity index (χ3n) is 6.14. The van der Waals surface area contributed by atoms with Crippen LogP contribution in [0.2, 0.25) is 10.0 Å². The predicted molar refractivity (Wildman–Crippen MR) is 134 cm³/mol. The van der Waals surface area contributed by atoms with Crippen molar-refractivity contribution in [3.8, 4) is 11.3 Å². The van der Waals surface area contributed by atoms with Crippen LogP contribution in [0.5, 0.6) is 0 Å². The van der Waals surface area contributed by atoms with E-state index >= 15 is 0 Å². The zero-order valence-electron chi connectivity index (χ0n) is 19.3. The average molecular weight is 500 g/mol. The maximum absolute atomic E-state index is 13.0. The smallest absolute Gasteiger partial charge is 0.358 e. The summed E-state index contributed by atoms with van der Waals surface area (Å²) in [5, 5.41) is 5.42. The number of ether oxygens (including phenoxy) is 1. The van der Waals surface area contributed by atoms with Crippen LogP contribution in [0, 0.1) is 0 Å². The van der Waals surface area contributed by atoms with Crippen molar-refractivity contribution in [2.24, 2.45) is 0 Å². The van der Waals surface area contributed by atoms with E-state index in [1.165, 1.54) is 5.56 Å². The van der Waals surface area contributed by atoms with Gasteiger partial charge >= 0.3 is 5.97 Å². The second-order valence-corrected chi connectivity index (χ2v) is 9.10. The molecule has 0 bridgehead atoms. The number of carbonyl (C=O) groups excluding carboxylic acids is 2. The molecule has 1 saturated heterocycles. The van der Waals surface area contributed by atoms with Gasteiger partial charge in [-0.25, -0.2) is 4.79 Å². The molecule has 2 aromatic carbocycles. The summed E-state index contributed by atoms with van der Waals surface area (Å²) >= 11 is 12.1. The van der Waals surface area contributed by atoms with E-state index in [2.05, 4.69) is 36.3 Å². The van der Waals surface area contributed by atoms with Crippen molar-refractivity contribution < 1.29 is 14.3 Å². The number of aromatic nitrogens is 2. The van der Waals surface area contributed by atoms with Crippen molar-refractivity contribution in [1.82, 2.24) is 14.7 Å². The largest absolute Gasteiger partial charge is 0.461 e. The summed E-state index contributed by atoms with van der Waals surface area (Å²) in [7, 11) is 0. The molecule has 1 aliphatic rings. The zero-order chi connectivity index (χ0) is 24.2. The minimum Gasteiger partial charge on any atom is -0.461 e. The van der Waals surface area contributed by atoms with Crippen molar-refractivity contribution in [1.29, 1.82) is 0 Å². The van der Waals surface area contributed by atoms with Crippen LogP contribution < -0.4 is 0 Å². The zero-order valence-corrected chi connectivity index (χ0v) is 20.8. The van der Waals surface area contributed by atoms with E-state index in [0.717, 1.165) is 30.5 Å². The van der Waals surface area contributed by atoms with Crippen LogP contribution in [-0.2, 0) is 11.2 Å². The van der Waals surface area contributed by atoms with Crippen LogP contribution in [0.1, 0.15) is 59.1 Å². The molecule has 0 saturated carbocycles. The molecule has 1 aromatic heterocycles. The van der Waals surface area contributed by atoms with Crippen molar-refractivity contribution in [2.45, 2.75) is 39.2 Å². The first kappa shape index (κ1) is 24.3. The number of rotatable bonds is 6. The lowest BCUT2D eigenvalue weighted by Crippen LogP contribution is -2.39. The summed E-state index contributed by atoms with van der Waals surface area (Å²) in [6.07, 6.45) is 2.40. The highest BCUT2D eigenvalue weighted by atomic mass is 35.5. The third kappa shape index (κ3) is 5.13. The quantitative estimate of drug-likeness (QED) is 0.385. The summed E-state index contributed by atoms with van der Waals surface area (Å²) in [5.41, 5.74) is 3.93. The Morgan fingerprint density at radius 3 is 2.32 bits per heavy atom. The molecule has 178 valence electrons. The van der Waals surface area contributed by atoms with Crippen LogP contribution >= 0.6 is 23.2 Å². The predicted octanol–water partition coefficient (Wildman–Crippen LogP) is 6.07. The Balaban J connectivity index is 1.55. The number of hydrogen-bond donors (Lipinski definition) is 0. The standard InChI is InChI=1S/C26H27Cl2N3O3/c1-3-17-5-7-18(8-6-17)24-16-23(26(33)34-4-2)29-31(24)20-11-13-30(14-12-20)25(32)19-9-10-21(27)22(28)15-19/h5-10,15-16,20H,3-4,11-14H2,1-2H3. The van der Waals surface area contributed by atoms with Crippen molar-refractivity contribution in [2.75, 3.05) is 19.7 Å². The Morgan fingerprint density at radius 1 is 1.00 bits per heavy atom. The Hall–Kier alpha value is -2.83. The fourth-order valence-corrected chi connectivity index (χ4v) is 4.53. The Kier molecular flexibility index (Phi) is 7.59. The molecule has 6 nitrogen and oxygen atoms in total. The van der Waals surface area contributed by atoms with Crippen LogP contribution in [0.3, 0.4) is 0 Å². The SMILES string of the molecule is CCOC(=O)c1cc(-c2ccc(CC)cc2)n(C2CCN(C(=O)c3ccc(Cl)c(Cl)c3)CC2)n1. The summed E-state index contributed by atoms with van der Waals surface area (Å²) in [5.74, 6) is -0.500. The van der Waals surface area contributed by atoms with Gasteiger partial charge in [-0.3, -0.25) is 9.48 Å². The summed E-state index contributed by atoms with van der Waals surface area (Å²) < 4.78 is 7.11. The molecule has 0 radical (unpaired) electrons. The number of likely N-dealkylation sites (tertiary alicyclic amines) is 1. The van der Waals surface area contributed by atoms with Crippen molar-refractivity contribution in [3.63, 3.8) is 0 Å². The highest BCUT2D eigenvalue weighted by Gasteiger charge is 2.28. The molecular formula is C26H27Cl2N3O3. The molecule has 1 aliphatic heterocycles. The van der Waals surface area contributed by atoms with Crippen LogP contribution in [0.4, 0.5) is 0 Å². The van der Waals surface area contributed by atoms with Gasteiger partial charge in [0.1, 0.15) is 0 Å². The van der Waals surface area contributed by atoms with E-state index in [1.54, 1.807) is 31.2 Å². The van der Waals surface area contributed by atoms with Gasteiger partial charge in [-0.05, 0) is 61.6 Å². The highest BCUT2D eigenvalue weighted by Crippen LogP contribution is 2.31. The maximum atomic E-state index is 13.0. The van der Waals surface area contributed by atoms with Gasteiger partial charge in [0.2, 0.25) is 0 Å². The molecule has 3 aromatic rings. The summed E-state index contributed by atoms with van der Waals surface area (Å²) in [4.78, 5) is 27.2. The van der Waals surface area contributed by atoms with Gasteiger partial charge in [0.15, 0.2) is 5.69 Å². The van der Waals surface area contributed by atoms with Crippen molar-refractivity contribution in [3.05, 3.63) is 75.4 Å². The van der Waals surface area contributed by atoms with E-state index in [4.69, 9.17) is 27.9 Å². The van der Waals surface area contributed by atoms with Gasteiger partial charge < -0.3 is 9.64 Å². The number of benzene rings is 2. The fraction of sp³-hybridized carbons (Fsp3) is 0.346. The van der Waals surface area contributed by atoms with E-state index in [9.17, 15) is 9.59 Å². The lowest BCUT2D eigenvalue weighted by atomic mass is 10.0. The fourth-order valence-electron chi connectivity index (χ4n) is 4.23. The normalized spacial score (nSPS) is 14.3. The minimum absolute atomic E-state index is 0.0573. The van der Waals surface area contributed by atoms with E-state index in [0.29, 0.717) is 41.0 Å². The summed E-state index contributed by atoms with van der Waals surface area (Å²) in [6.45, 7) is 5.34. The average Bonchev–Trinajstić information content (AvgIpc) is 3.31. The number of esters is 1. The van der Waals surface area contributed by atoms with Gasteiger partial charge in [-0.2, -0.15) is 5.10 Å². The third-order valence-corrected chi connectivity index (χ3v) is 6.88. The first-order valence-corrected chi connectivity index (χ1v) is 12.3. The minimum atomic E-state index is -0.431. The van der Waals surface area contributed by atoms with E-state index < -0.39 is 5.97 Å². The first-order chi connectivity index (χ1) is 16.4. The number of aryl methyl sites for hydroxylation is 1. The first-order valence-electron chi connectivity index (χ1n) is 11.5. The molecule has 4 rings (SSSR count). The second kappa shape index (κ2) is 10.6. The van der Waals surface area contributed by atoms with Crippen LogP contribution in [-0.4, -0.2) is 46.3 Å². The topological polar surface area (TPSA) is 64.4 Å². The maximum Gasteiger partial charge on any atom is 0.358 e. The molecule has 0 spiro atoms. The molecule has 1 fully saturated rings. The molecule has 8 heteroatoms. The van der Waals surface area contributed by atoms with Gasteiger partial charge in [0.25, 0.3) is 5.91 Å². The lowest BCUT2D eigenvalue weighted by molar-refractivity contribution is 0.0517. The number of amides is 1. The van der Waals surface area contributed by atoms with Crippen LogP contribution in [0.15, 0.2) is 48.5 Å². The Morgan fingerprint density at radius 2 is 1.71 bits per heavy atom. The number of hydrogen-bond acceptors (Lipinski definition) is 4. The molecule has 0 unspecified atom stereocenters. The number of carbonyl (C=O) groups is 2.